The third kappa shape index (κ3) is 0.932. The number of hydrogen-bond donors (Lipinski definition) is 0. The SMILES string of the molecule is [2H]C(C=O)n1ccnc1. The first-order valence-corrected chi connectivity index (χ1v) is 2.19. The van der Waals surface area contributed by atoms with Crippen molar-refractivity contribution in [1.29, 1.82) is 0 Å². The highest BCUT2D eigenvalue weighted by Gasteiger charge is 1.81. The summed E-state index contributed by atoms with van der Waals surface area (Å²) in [6.07, 6.45) is 5.09. The van der Waals surface area contributed by atoms with Crippen molar-refractivity contribution in [2.24, 2.45) is 0 Å². The van der Waals surface area contributed by atoms with Gasteiger partial charge in [0.05, 0.1) is 14.2 Å². The Morgan fingerprint density at radius 1 is 2.00 bits per heavy atom. The summed E-state index contributed by atoms with van der Waals surface area (Å²) < 4.78 is 8.44. The molecule has 1 aromatic rings. The van der Waals surface area contributed by atoms with Gasteiger partial charge in [-0.15, -0.1) is 0 Å². The van der Waals surface area contributed by atoms with Crippen molar-refractivity contribution in [1.82, 2.24) is 9.55 Å². The van der Waals surface area contributed by atoms with Crippen LogP contribution >= 0.6 is 0 Å². The van der Waals surface area contributed by atoms with Crippen molar-refractivity contribution in [3.63, 3.8) is 0 Å². The van der Waals surface area contributed by atoms with E-state index < -0.39 is 6.52 Å². The van der Waals surface area contributed by atoms with E-state index in [0.717, 1.165) is 0 Å². The van der Waals surface area contributed by atoms with Gasteiger partial charge in [-0.05, 0) is 0 Å². The van der Waals surface area contributed by atoms with E-state index in [1.807, 2.05) is 0 Å². The molecule has 0 saturated heterocycles. The second kappa shape index (κ2) is 2.26. The monoisotopic (exact) mass is 111 g/mol. The molecule has 0 N–H and O–H groups in total. The predicted octanol–water partition coefficient (Wildman–Crippen LogP) is 0.0820. The Bertz CT molecular complexity index is 185. The lowest BCUT2D eigenvalue weighted by molar-refractivity contribution is -0.108. The molecule has 0 radical (unpaired) electrons. The van der Waals surface area contributed by atoms with Crippen LogP contribution in [-0.2, 0) is 11.3 Å². The highest BCUT2D eigenvalue weighted by molar-refractivity contribution is 5.48. The summed E-state index contributed by atoms with van der Waals surface area (Å²) in [7, 11) is 0. The molecule has 1 heterocycles. The number of nitrogens with zero attached hydrogens (tertiary/aromatic N) is 2. The van der Waals surface area contributed by atoms with Crippen LogP contribution in [-0.4, -0.2) is 15.8 Å². The Hall–Kier alpha value is -1.12. The lowest BCUT2D eigenvalue weighted by Gasteiger charge is -1.87. The van der Waals surface area contributed by atoms with E-state index in [9.17, 15) is 4.79 Å². The molecule has 8 heavy (non-hydrogen) atoms. The molecule has 1 unspecified atom stereocenters. The molecule has 0 aromatic carbocycles. The van der Waals surface area contributed by atoms with Crippen molar-refractivity contribution < 1.29 is 6.17 Å². The number of carbonyl (C=O) groups excluding carboxylic acids is 1. The molecule has 0 spiro atoms. The Balaban J connectivity index is 2.76. The van der Waals surface area contributed by atoms with E-state index >= 15 is 0 Å². The van der Waals surface area contributed by atoms with E-state index in [2.05, 4.69) is 4.98 Å². The van der Waals surface area contributed by atoms with E-state index in [0.29, 0.717) is 6.29 Å². The molecule has 1 aromatic heterocycles. The third-order valence-corrected chi connectivity index (χ3v) is 0.758. The summed E-state index contributed by atoms with van der Waals surface area (Å²) in [5.74, 6) is 0. The largest absolute Gasteiger partial charge is 0.330 e. The van der Waals surface area contributed by atoms with Crippen molar-refractivity contribution in [3.05, 3.63) is 18.7 Å². The van der Waals surface area contributed by atoms with Crippen molar-refractivity contribution in [3.8, 4) is 0 Å². The van der Waals surface area contributed by atoms with Crippen LogP contribution in [0.4, 0.5) is 0 Å². The molecule has 3 heteroatoms. The normalized spacial score (nSPS) is 14.8. The van der Waals surface area contributed by atoms with Crippen LogP contribution in [0.15, 0.2) is 18.7 Å². The predicted molar refractivity (Wildman–Crippen MR) is 28.3 cm³/mol. The summed E-state index contributed by atoms with van der Waals surface area (Å²) in [6.45, 7) is -0.840. The number of carbonyl (C=O) groups is 1. The van der Waals surface area contributed by atoms with E-state index in [-0.39, 0.29) is 0 Å². The number of aromatic nitrogens is 2. The average molecular weight is 111 g/mol. The van der Waals surface area contributed by atoms with Gasteiger partial charge >= 0.3 is 0 Å². The average Bonchev–Trinajstić information content (AvgIpc) is 2.37. The zero-order valence-electron chi connectivity index (χ0n) is 5.19. The molecule has 3 nitrogen and oxygen atoms in total. The quantitative estimate of drug-likeness (QED) is 0.506. The minimum absolute atomic E-state index is 0.543. The van der Waals surface area contributed by atoms with Crippen LogP contribution in [0, 0.1) is 0 Å². The first kappa shape index (κ1) is 3.83. The maximum absolute atomic E-state index is 9.97. The maximum atomic E-state index is 9.97. The van der Waals surface area contributed by atoms with Gasteiger partial charge in [0.15, 0.2) is 0 Å². The number of aldehydes is 1. The van der Waals surface area contributed by atoms with Gasteiger partial charge in [-0.25, -0.2) is 4.98 Å². The second-order valence-corrected chi connectivity index (χ2v) is 1.30. The first-order chi connectivity index (χ1) is 4.34. The fraction of sp³-hybridized carbons (Fsp3) is 0.200. The second-order valence-electron chi connectivity index (χ2n) is 1.30. The van der Waals surface area contributed by atoms with Gasteiger partial charge in [0.1, 0.15) is 6.29 Å². The summed E-state index contributed by atoms with van der Waals surface area (Å²) in [5.41, 5.74) is 0. The van der Waals surface area contributed by atoms with Crippen molar-refractivity contribution in [2.75, 3.05) is 0 Å². The molecule has 0 aliphatic carbocycles. The molecule has 0 amide bonds. The Labute approximate surface area is 48.4 Å². The minimum atomic E-state index is -0.840. The van der Waals surface area contributed by atoms with Crippen LogP contribution in [0.2, 0.25) is 0 Å². The van der Waals surface area contributed by atoms with Gasteiger partial charge in [-0.3, -0.25) is 0 Å². The van der Waals surface area contributed by atoms with Gasteiger partial charge in [-0.1, -0.05) is 0 Å². The Morgan fingerprint density at radius 3 is 3.38 bits per heavy atom. The summed E-state index contributed by atoms with van der Waals surface area (Å²) >= 11 is 0. The third-order valence-electron chi connectivity index (χ3n) is 0.758. The molecule has 0 fully saturated rings. The van der Waals surface area contributed by atoms with E-state index in [4.69, 9.17) is 1.37 Å². The van der Waals surface area contributed by atoms with Gasteiger partial charge in [0.25, 0.3) is 0 Å². The number of imidazole rings is 1. The Kier molecular flexibility index (Phi) is 1.08. The van der Waals surface area contributed by atoms with Crippen molar-refractivity contribution >= 4 is 6.29 Å². The molecule has 1 rings (SSSR count). The van der Waals surface area contributed by atoms with Crippen LogP contribution < -0.4 is 0 Å². The molecule has 0 aliphatic rings. The fourth-order valence-corrected chi connectivity index (χ4v) is 0.428. The topological polar surface area (TPSA) is 34.9 Å². The van der Waals surface area contributed by atoms with Crippen LogP contribution in [0.1, 0.15) is 1.37 Å². The van der Waals surface area contributed by atoms with Crippen LogP contribution in [0.3, 0.4) is 0 Å². The molecular weight excluding hydrogens is 104 g/mol. The fourth-order valence-electron chi connectivity index (χ4n) is 0.428. The van der Waals surface area contributed by atoms with E-state index in [1.54, 1.807) is 6.20 Å². The Morgan fingerprint density at radius 2 is 2.88 bits per heavy atom. The highest BCUT2D eigenvalue weighted by Crippen LogP contribution is 1.80. The van der Waals surface area contributed by atoms with Crippen LogP contribution in [0.5, 0.6) is 0 Å². The van der Waals surface area contributed by atoms with Gasteiger partial charge in [-0.2, -0.15) is 0 Å². The lowest BCUT2D eigenvalue weighted by atomic mass is 10.7. The van der Waals surface area contributed by atoms with Gasteiger partial charge < -0.3 is 9.36 Å². The summed E-state index contributed by atoms with van der Waals surface area (Å²) in [5, 5.41) is 0. The van der Waals surface area contributed by atoms with Crippen LogP contribution in [0.25, 0.3) is 0 Å². The lowest BCUT2D eigenvalue weighted by Crippen LogP contribution is -1.93. The first-order valence-electron chi connectivity index (χ1n) is 2.77. The summed E-state index contributed by atoms with van der Waals surface area (Å²) in [4.78, 5) is 13.6. The number of rotatable bonds is 2. The molecule has 0 saturated carbocycles. The molecule has 0 bridgehead atoms. The smallest absolute Gasteiger partial charge is 0.139 e. The number of hydrogen-bond acceptors (Lipinski definition) is 2. The highest BCUT2D eigenvalue weighted by atomic mass is 16.1. The molecule has 0 aliphatic heterocycles. The zero-order chi connectivity index (χ0) is 6.69. The maximum Gasteiger partial charge on any atom is 0.139 e. The summed E-state index contributed by atoms with van der Waals surface area (Å²) in [6, 6.07) is 0. The standard InChI is InChI=1S/C5H6N2O/c8-4-3-7-2-1-6-5-7/h1-2,4-5H,3H2/i3D. The molecule has 1 atom stereocenters. The van der Waals surface area contributed by atoms with Gasteiger partial charge in [0.2, 0.25) is 0 Å². The van der Waals surface area contributed by atoms with Gasteiger partial charge in [0, 0.05) is 12.4 Å². The molecular formula is C5H6N2O. The zero-order valence-corrected chi connectivity index (χ0v) is 4.19. The minimum Gasteiger partial charge on any atom is -0.330 e. The molecule has 42 valence electrons. The van der Waals surface area contributed by atoms with E-state index in [1.165, 1.54) is 17.1 Å². The van der Waals surface area contributed by atoms with Crippen molar-refractivity contribution in [2.45, 2.75) is 6.52 Å².